The van der Waals surface area contributed by atoms with Crippen molar-refractivity contribution in [1.82, 2.24) is 20.2 Å². The fourth-order valence-electron chi connectivity index (χ4n) is 1.27. The first kappa shape index (κ1) is 14.1. The average molecular weight is 262 g/mol. The predicted octanol–water partition coefficient (Wildman–Crippen LogP) is -0.551. The summed E-state index contributed by atoms with van der Waals surface area (Å²) >= 11 is 0. The van der Waals surface area contributed by atoms with E-state index in [-0.39, 0.29) is 5.75 Å². The van der Waals surface area contributed by atoms with Gasteiger partial charge in [0.15, 0.2) is 5.82 Å². The minimum absolute atomic E-state index is 0.124. The van der Waals surface area contributed by atoms with Gasteiger partial charge in [-0.1, -0.05) is 5.16 Å². The summed E-state index contributed by atoms with van der Waals surface area (Å²) in [6.45, 7) is 2.67. The zero-order valence-electron chi connectivity index (χ0n) is 10.1. The van der Waals surface area contributed by atoms with E-state index in [9.17, 15) is 8.42 Å². The van der Waals surface area contributed by atoms with E-state index in [1.165, 1.54) is 0 Å². The maximum Gasteiger partial charge on any atom is 0.223 e. The minimum atomic E-state index is -3.19. The number of nitrogens with zero attached hydrogens (tertiary/aromatic N) is 2. The number of hydrogen-bond donors (Lipinski definition) is 2. The van der Waals surface area contributed by atoms with E-state index < -0.39 is 10.0 Å². The van der Waals surface area contributed by atoms with E-state index in [0.717, 1.165) is 0 Å². The van der Waals surface area contributed by atoms with Crippen molar-refractivity contribution in [3.63, 3.8) is 0 Å². The standard InChI is InChI=1S/C9H18N4O3S/c1-8-12-9(13-16-8)4-6-11-17(14,15)7-3-5-10-2/h10-11H,3-7H2,1-2H3. The van der Waals surface area contributed by atoms with E-state index in [1.54, 1.807) is 14.0 Å². The summed E-state index contributed by atoms with van der Waals surface area (Å²) in [6.07, 6.45) is 1.02. The molecule has 1 aromatic heterocycles. The third kappa shape index (κ3) is 5.76. The van der Waals surface area contributed by atoms with E-state index >= 15 is 0 Å². The lowest BCUT2D eigenvalue weighted by molar-refractivity contribution is 0.387. The van der Waals surface area contributed by atoms with Gasteiger partial charge in [-0.15, -0.1) is 0 Å². The lowest BCUT2D eigenvalue weighted by Gasteiger charge is -2.04. The van der Waals surface area contributed by atoms with Crippen molar-refractivity contribution < 1.29 is 12.9 Å². The summed E-state index contributed by atoms with van der Waals surface area (Å²) < 4.78 is 30.3. The van der Waals surface area contributed by atoms with Crippen LogP contribution in [-0.2, 0) is 16.4 Å². The number of rotatable bonds is 8. The number of sulfonamides is 1. The van der Waals surface area contributed by atoms with Gasteiger partial charge in [0, 0.05) is 19.9 Å². The van der Waals surface area contributed by atoms with Crippen LogP contribution in [0.25, 0.3) is 0 Å². The topological polar surface area (TPSA) is 97.1 Å². The van der Waals surface area contributed by atoms with Gasteiger partial charge in [-0.25, -0.2) is 13.1 Å². The van der Waals surface area contributed by atoms with Crippen LogP contribution in [-0.4, -0.2) is 44.4 Å². The lowest BCUT2D eigenvalue weighted by atomic mass is 10.4. The second kappa shape index (κ2) is 6.67. The molecule has 0 saturated heterocycles. The van der Waals surface area contributed by atoms with Crippen LogP contribution in [0.5, 0.6) is 0 Å². The summed E-state index contributed by atoms with van der Waals surface area (Å²) in [5, 5.41) is 6.58. The van der Waals surface area contributed by atoms with Crippen LogP contribution in [0.3, 0.4) is 0 Å². The van der Waals surface area contributed by atoms with Gasteiger partial charge < -0.3 is 9.84 Å². The Hall–Kier alpha value is -0.990. The zero-order chi connectivity index (χ0) is 12.7. The first-order valence-electron chi connectivity index (χ1n) is 5.44. The van der Waals surface area contributed by atoms with E-state index in [0.29, 0.717) is 37.6 Å². The summed E-state index contributed by atoms with van der Waals surface area (Å²) in [4.78, 5) is 3.98. The molecule has 8 heteroatoms. The molecule has 0 bridgehead atoms. The SMILES string of the molecule is CNCCCS(=O)(=O)NCCc1noc(C)n1. The second-order valence-corrected chi connectivity index (χ2v) is 5.58. The second-order valence-electron chi connectivity index (χ2n) is 3.65. The molecule has 1 rings (SSSR count). The molecule has 98 valence electrons. The van der Waals surface area contributed by atoms with Gasteiger partial charge in [0.05, 0.1) is 5.75 Å². The zero-order valence-corrected chi connectivity index (χ0v) is 10.9. The van der Waals surface area contributed by atoms with Crippen molar-refractivity contribution in [2.24, 2.45) is 0 Å². The third-order valence-electron chi connectivity index (χ3n) is 2.08. The average Bonchev–Trinajstić information content (AvgIpc) is 2.64. The van der Waals surface area contributed by atoms with Gasteiger partial charge in [0.1, 0.15) is 0 Å². The van der Waals surface area contributed by atoms with Gasteiger partial charge in [-0.2, -0.15) is 4.98 Å². The molecule has 0 fully saturated rings. The largest absolute Gasteiger partial charge is 0.340 e. The molecule has 17 heavy (non-hydrogen) atoms. The molecule has 0 atom stereocenters. The molecule has 7 nitrogen and oxygen atoms in total. The van der Waals surface area contributed by atoms with Gasteiger partial charge >= 0.3 is 0 Å². The van der Waals surface area contributed by atoms with Crippen LogP contribution >= 0.6 is 0 Å². The number of aryl methyl sites for hydroxylation is 1. The molecular formula is C9H18N4O3S. The Bertz CT molecular complexity index is 429. The Morgan fingerprint density at radius 2 is 2.12 bits per heavy atom. The highest BCUT2D eigenvalue weighted by atomic mass is 32.2. The van der Waals surface area contributed by atoms with Gasteiger partial charge in [-0.3, -0.25) is 0 Å². The van der Waals surface area contributed by atoms with Crippen molar-refractivity contribution in [2.75, 3.05) is 25.9 Å². The van der Waals surface area contributed by atoms with E-state index in [4.69, 9.17) is 4.52 Å². The molecule has 2 N–H and O–H groups in total. The van der Waals surface area contributed by atoms with Crippen LogP contribution in [0.15, 0.2) is 4.52 Å². The Morgan fingerprint density at radius 1 is 1.35 bits per heavy atom. The van der Waals surface area contributed by atoms with Crippen molar-refractivity contribution in [3.8, 4) is 0 Å². The highest BCUT2D eigenvalue weighted by molar-refractivity contribution is 7.89. The number of nitrogens with one attached hydrogen (secondary N) is 2. The number of hydrogen-bond acceptors (Lipinski definition) is 6. The van der Waals surface area contributed by atoms with Gasteiger partial charge in [-0.05, 0) is 20.0 Å². The highest BCUT2D eigenvalue weighted by Crippen LogP contribution is 1.96. The minimum Gasteiger partial charge on any atom is -0.340 e. The molecule has 0 saturated carbocycles. The molecule has 0 unspecified atom stereocenters. The molecule has 0 aromatic carbocycles. The van der Waals surface area contributed by atoms with Gasteiger partial charge in [0.25, 0.3) is 0 Å². The maximum atomic E-state index is 11.5. The highest BCUT2D eigenvalue weighted by Gasteiger charge is 2.10. The quantitative estimate of drug-likeness (QED) is 0.610. The third-order valence-corrected chi connectivity index (χ3v) is 3.55. The molecule has 0 amide bonds. The van der Waals surface area contributed by atoms with Crippen LogP contribution in [0, 0.1) is 6.92 Å². The first-order chi connectivity index (χ1) is 8.03. The summed E-state index contributed by atoms with van der Waals surface area (Å²) in [5.41, 5.74) is 0. The summed E-state index contributed by atoms with van der Waals surface area (Å²) in [6, 6.07) is 0. The first-order valence-corrected chi connectivity index (χ1v) is 7.10. The monoisotopic (exact) mass is 262 g/mol. The predicted molar refractivity (Wildman–Crippen MR) is 63.1 cm³/mol. The van der Waals surface area contributed by atoms with Crippen LogP contribution in [0.1, 0.15) is 18.1 Å². The molecule has 0 spiro atoms. The lowest BCUT2D eigenvalue weighted by Crippen LogP contribution is -2.29. The number of aromatic nitrogens is 2. The van der Waals surface area contributed by atoms with Crippen molar-refractivity contribution in [2.45, 2.75) is 19.8 Å². The molecule has 0 radical (unpaired) electrons. The van der Waals surface area contributed by atoms with Crippen molar-refractivity contribution in [3.05, 3.63) is 11.7 Å². The fraction of sp³-hybridized carbons (Fsp3) is 0.778. The molecule has 0 aliphatic heterocycles. The van der Waals surface area contributed by atoms with Crippen LogP contribution in [0.4, 0.5) is 0 Å². The molecule has 0 aliphatic carbocycles. The molecule has 0 aliphatic rings. The Labute approximate surface area is 101 Å². The van der Waals surface area contributed by atoms with Gasteiger partial charge in [0.2, 0.25) is 15.9 Å². The van der Waals surface area contributed by atoms with Crippen LogP contribution in [0.2, 0.25) is 0 Å². The van der Waals surface area contributed by atoms with Crippen molar-refractivity contribution in [1.29, 1.82) is 0 Å². The smallest absolute Gasteiger partial charge is 0.223 e. The normalized spacial score (nSPS) is 11.9. The van der Waals surface area contributed by atoms with E-state index in [1.807, 2.05) is 0 Å². The molecule has 1 heterocycles. The van der Waals surface area contributed by atoms with Crippen LogP contribution < -0.4 is 10.0 Å². The maximum absolute atomic E-state index is 11.5. The Balaban J connectivity index is 2.25. The van der Waals surface area contributed by atoms with E-state index in [2.05, 4.69) is 20.2 Å². The Morgan fingerprint density at radius 3 is 2.71 bits per heavy atom. The molecule has 1 aromatic rings. The molecular weight excluding hydrogens is 244 g/mol. The summed E-state index contributed by atoms with van der Waals surface area (Å²) in [5.74, 6) is 1.12. The fourth-order valence-corrected chi connectivity index (χ4v) is 2.35. The van der Waals surface area contributed by atoms with Crippen molar-refractivity contribution >= 4 is 10.0 Å². The summed E-state index contributed by atoms with van der Waals surface area (Å²) in [7, 11) is -1.40. The Kier molecular flexibility index (Phi) is 5.52.